The van der Waals surface area contributed by atoms with Crippen molar-refractivity contribution in [2.75, 3.05) is 13.2 Å². The Morgan fingerprint density at radius 1 is 0.977 bits per heavy atom. The fourth-order valence-corrected chi connectivity index (χ4v) is 11.7. The number of rotatable bonds is 5. The van der Waals surface area contributed by atoms with E-state index in [-0.39, 0.29) is 57.6 Å². The summed E-state index contributed by atoms with van der Waals surface area (Å²) in [6.07, 6.45) is 11.9. The van der Waals surface area contributed by atoms with E-state index in [0.29, 0.717) is 30.3 Å². The normalized spacial score (nSPS) is 44.8. The molecule has 43 heavy (non-hydrogen) atoms. The van der Waals surface area contributed by atoms with Gasteiger partial charge in [0.05, 0.1) is 18.1 Å². The van der Waals surface area contributed by atoms with Crippen molar-refractivity contribution in [1.82, 2.24) is 0 Å². The van der Waals surface area contributed by atoms with Gasteiger partial charge in [0.1, 0.15) is 6.10 Å². The number of fused-ring (bicyclic) bond motifs is 7. The van der Waals surface area contributed by atoms with Crippen molar-refractivity contribution >= 4 is 11.9 Å². The topological polar surface area (TPSA) is 77.3 Å². The summed E-state index contributed by atoms with van der Waals surface area (Å²) in [4.78, 5) is 26.4. The number of carbonyl (C=O) groups excluding carboxylic acids is 2. The molecule has 0 radical (unpaired) electrons. The average Bonchev–Trinajstić information content (AvgIpc) is 2.95. The molecule has 0 aliphatic heterocycles. The first-order chi connectivity index (χ1) is 20.2. The van der Waals surface area contributed by atoms with Crippen molar-refractivity contribution in [2.24, 2.45) is 66.9 Å². The van der Waals surface area contributed by atoms with E-state index in [1.807, 2.05) is 6.92 Å². The van der Waals surface area contributed by atoms with Gasteiger partial charge in [0.2, 0.25) is 0 Å². The molecule has 0 aromatic carbocycles. The smallest absolute Gasteiger partial charge is 0.329 e. The molecule has 1 unspecified atom stereocenters. The van der Waals surface area contributed by atoms with E-state index in [0.717, 1.165) is 51.4 Å². The third-order valence-corrected chi connectivity index (χ3v) is 14.3. The number of nitrogens with zero attached hydrogens (tertiary/aromatic N) is 2. The molecule has 10 atom stereocenters. The Hall–Kier alpha value is -2.16. The predicted molar refractivity (Wildman–Crippen MR) is 169 cm³/mol. The summed E-state index contributed by atoms with van der Waals surface area (Å²) in [6, 6.07) is 2.52. The van der Waals surface area contributed by atoms with Gasteiger partial charge < -0.3 is 9.47 Å². The average molecular weight is 593 g/mol. The zero-order valence-electron chi connectivity index (χ0n) is 28.3. The maximum absolute atomic E-state index is 13.8. The third kappa shape index (κ3) is 4.73. The lowest BCUT2D eigenvalue weighted by Crippen LogP contribution is -2.65. The highest BCUT2D eigenvalue weighted by Gasteiger charge is 2.70. The summed E-state index contributed by atoms with van der Waals surface area (Å²) in [5, 5.41) is 7.60. The third-order valence-electron chi connectivity index (χ3n) is 14.3. The number of azo groups is 1. The minimum atomic E-state index is -0.371. The Labute approximate surface area is 260 Å². The van der Waals surface area contributed by atoms with Gasteiger partial charge in [0, 0.05) is 5.41 Å². The van der Waals surface area contributed by atoms with Crippen molar-refractivity contribution in [1.29, 1.82) is 0 Å². The second-order valence-corrected chi connectivity index (χ2v) is 16.1. The summed E-state index contributed by atoms with van der Waals surface area (Å²) in [5.41, 5.74) is 1.45. The van der Waals surface area contributed by atoms with Crippen molar-refractivity contribution in [2.45, 2.75) is 126 Å². The van der Waals surface area contributed by atoms with Gasteiger partial charge in [-0.15, -0.1) is 5.11 Å². The van der Waals surface area contributed by atoms with Gasteiger partial charge in [-0.05, 0) is 117 Å². The lowest BCUT2D eigenvalue weighted by Gasteiger charge is -2.71. The van der Waals surface area contributed by atoms with Crippen LogP contribution >= 0.6 is 0 Å². The molecule has 238 valence electrons. The van der Waals surface area contributed by atoms with Crippen molar-refractivity contribution in [3.05, 3.63) is 11.6 Å². The summed E-state index contributed by atoms with van der Waals surface area (Å²) in [7, 11) is 0. The highest BCUT2D eigenvalue weighted by atomic mass is 16.5. The molecule has 6 nitrogen and oxygen atoms in total. The Balaban J connectivity index is 1.46. The molecule has 5 rings (SSSR count). The van der Waals surface area contributed by atoms with E-state index >= 15 is 0 Å². The first kappa shape index (κ1) is 32.2. The van der Waals surface area contributed by atoms with Gasteiger partial charge in [-0.3, -0.25) is 4.79 Å². The lowest BCUT2D eigenvalue weighted by molar-refractivity contribution is -0.214. The fourth-order valence-electron chi connectivity index (χ4n) is 11.7. The molecule has 0 bridgehead atoms. The van der Waals surface area contributed by atoms with Gasteiger partial charge in [0.25, 0.3) is 0 Å². The standard InChI is InChI=1S/C37H56N2O4/c1-10-22-38-39-23-30(40)43-29-16-17-34(7)27(33(29,5)6)15-18-36(9)28(34)13-12-26-31-25(4)24(3)14-19-37(31,32(41)42-11-2)21-20-35(26,36)8/h12,24-25,27-29,31H,11,13-21,23H2,1-9H3/t24-,25+,27+,28-,29?,31+,34+,35-,36-,37+/m1/s1. The van der Waals surface area contributed by atoms with Crippen LogP contribution in [0.1, 0.15) is 120 Å². The molecule has 0 saturated heterocycles. The van der Waals surface area contributed by atoms with Crippen LogP contribution in [-0.4, -0.2) is 31.2 Å². The maximum atomic E-state index is 13.8. The lowest BCUT2D eigenvalue weighted by atomic mass is 9.33. The van der Waals surface area contributed by atoms with E-state index in [9.17, 15) is 9.59 Å². The minimum absolute atomic E-state index is 0.0547. The quantitative estimate of drug-likeness (QED) is 0.139. The molecular weight excluding hydrogens is 536 g/mol. The van der Waals surface area contributed by atoms with E-state index in [1.54, 1.807) is 12.5 Å². The monoisotopic (exact) mass is 592 g/mol. The van der Waals surface area contributed by atoms with Gasteiger partial charge in [-0.25, -0.2) is 4.79 Å². The molecule has 0 heterocycles. The van der Waals surface area contributed by atoms with Gasteiger partial charge in [0.15, 0.2) is 6.54 Å². The molecule has 0 N–H and O–H groups in total. The SMILES string of the molecule is CC#CN=NCC(=O)OC1CC[C@]2(C)[C@H]3CC=C4[C@@H]5[C@@H](C)[C@H](C)CC[C@]5(C(=O)OCC)CC[C@@]4(C)[C@]3(C)CC[C@H]2C1(C)C. The van der Waals surface area contributed by atoms with Gasteiger partial charge >= 0.3 is 11.9 Å². The summed E-state index contributed by atoms with van der Waals surface area (Å²) < 4.78 is 11.9. The molecule has 5 aliphatic rings. The van der Waals surface area contributed by atoms with E-state index in [4.69, 9.17) is 9.47 Å². The molecule has 5 aliphatic carbocycles. The number of esters is 2. The van der Waals surface area contributed by atoms with Crippen LogP contribution in [-0.2, 0) is 19.1 Å². The highest BCUT2D eigenvalue weighted by Crippen LogP contribution is 2.76. The number of carbonyl (C=O) groups is 2. The zero-order valence-corrected chi connectivity index (χ0v) is 28.3. The largest absolute Gasteiger partial charge is 0.466 e. The summed E-state index contributed by atoms with van der Waals surface area (Å²) in [6.45, 7) is 21.2. The van der Waals surface area contributed by atoms with Crippen molar-refractivity contribution < 1.29 is 19.1 Å². The van der Waals surface area contributed by atoms with Crippen LogP contribution in [0.3, 0.4) is 0 Å². The predicted octanol–water partition coefficient (Wildman–Crippen LogP) is 8.55. The Morgan fingerprint density at radius 3 is 2.42 bits per heavy atom. The van der Waals surface area contributed by atoms with Crippen LogP contribution in [0, 0.1) is 68.6 Å². The molecule has 4 fully saturated rings. The number of allylic oxidation sites excluding steroid dienone is 2. The van der Waals surface area contributed by atoms with Crippen LogP contribution in [0.25, 0.3) is 0 Å². The number of ether oxygens (including phenoxy) is 2. The molecule has 6 heteroatoms. The first-order valence-electron chi connectivity index (χ1n) is 17.1. The van der Waals surface area contributed by atoms with Crippen LogP contribution < -0.4 is 0 Å². The molecular formula is C37H56N2O4. The molecule has 4 saturated carbocycles. The Morgan fingerprint density at radius 2 is 1.72 bits per heavy atom. The van der Waals surface area contributed by atoms with Crippen LogP contribution in [0.15, 0.2) is 21.9 Å². The molecule has 0 aromatic heterocycles. The first-order valence-corrected chi connectivity index (χ1v) is 17.1. The zero-order chi connectivity index (χ0) is 31.4. The molecule has 0 amide bonds. The Kier molecular flexibility index (Phi) is 8.49. The molecule has 0 aromatic rings. The van der Waals surface area contributed by atoms with Crippen LogP contribution in [0.2, 0.25) is 0 Å². The van der Waals surface area contributed by atoms with E-state index < -0.39 is 0 Å². The summed E-state index contributed by atoms with van der Waals surface area (Å²) >= 11 is 0. The number of hydrogen-bond acceptors (Lipinski definition) is 6. The second-order valence-electron chi connectivity index (χ2n) is 16.1. The summed E-state index contributed by atoms with van der Waals surface area (Å²) in [5.74, 6) is 4.76. The van der Waals surface area contributed by atoms with E-state index in [1.165, 1.54) is 6.42 Å². The van der Waals surface area contributed by atoms with Gasteiger partial charge in [-0.1, -0.05) is 66.0 Å². The number of hydrogen-bond donors (Lipinski definition) is 0. The van der Waals surface area contributed by atoms with Crippen molar-refractivity contribution in [3.8, 4) is 12.0 Å². The maximum Gasteiger partial charge on any atom is 0.329 e. The van der Waals surface area contributed by atoms with Gasteiger partial charge in [-0.2, -0.15) is 5.11 Å². The minimum Gasteiger partial charge on any atom is -0.466 e. The highest BCUT2D eigenvalue weighted by molar-refractivity contribution is 5.79. The Bertz CT molecular complexity index is 1240. The van der Waals surface area contributed by atoms with Crippen LogP contribution in [0.4, 0.5) is 0 Å². The van der Waals surface area contributed by atoms with E-state index in [2.05, 4.69) is 76.7 Å². The molecule has 0 spiro atoms. The second kappa shape index (κ2) is 11.3. The van der Waals surface area contributed by atoms with Crippen LogP contribution in [0.5, 0.6) is 0 Å². The fraction of sp³-hybridized carbons (Fsp3) is 0.838. The van der Waals surface area contributed by atoms with Crippen molar-refractivity contribution in [3.63, 3.8) is 0 Å².